The summed E-state index contributed by atoms with van der Waals surface area (Å²) in [6.07, 6.45) is 0.445. The third-order valence-electron chi connectivity index (χ3n) is 2.96. The Morgan fingerprint density at radius 3 is 2.86 bits per heavy atom. The highest BCUT2D eigenvalue weighted by Gasteiger charge is 2.21. The molecule has 6 nitrogen and oxygen atoms in total. The van der Waals surface area contributed by atoms with Gasteiger partial charge in [-0.3, -0.25) is 0 Å². The number of nitrogens with two attached hydrogens (primary N) is 1. The maximum absolute atomic E-state index is 12.0. The zero-order valence-electron chi connectivity index (χ0n) is 11.8. The first-order chi connectivity index (χ1) is 10.2. The highest BCUT2D eigenvalue weighted by atomic mass is 35.5. The Bertz CT molecular complexity index is 627. The lowest BCUT2D eigenvalue weighted by Gasteiger charge is -2.08. The van der Waals surface area contributed by atoms with Crippen LogP contribution in [0.3, 0.4) is 0 Å². The Hall–Kier alpha value is -1.92. The lowest BCUT2D eigenvalue weighted by Crippen LogP contribution is -2.16. The number of hydrogen-bond acceptors (Lipinski definition) is 5. The number of carbonyl (C=O) groups excluding carboxylic acids is 1. The van der Waals surface area contributed by atoms with Crippen LogP contribution in [-0.2, 0) is 17.7 Å². The fourth-order valence-electron chi connectivity index (χ4n) is 1.99. The average Bonchev–Trinajstić information content (AvgIpc) is 2.85. The minimum absolute atomic E-state index is 0.213. The highest BCUT2D eigenvalue weighted by molar-refractivity contribution is 6.31. The summed E-state index contributed by atoms with van der Waals surface area (Å²) >= 11 is 6.17. The van der Waals surface area contributed by atoms with Gasteiger partial charge < -0.3 is 10.5 Å². The van der Waals surface area contributed by atoms with Crippen LogP contribution in [0.15, 0.2) is 24.3 Å². The van der Waals surface area contributed by atoms with Crippen LogP contribution in [0.2, 0.25) is 5.02 Å². The van der Waals surface area contributed by atoms with E-state index in [-0.39, 0.29) is 12.3 Å². The molecule has 2 rings (SSSR count). The Morgan fingerprint density at radius 1 is 1.43 bits per heavy atom. The van der Waals surface area contributed by atoms with Gasteiger partial charge in [-0.05, 0) is 18.6 Å². The van der Waals surface area contributed by atoms with Gasteiger partial charge in [-0.2, -0.15) is 0 Å². The molecule has 112 valence electrons. The Labute approximate surface area is 127 Å². The average molecular weight is 309 g/mol. The van der Waals surface area contributed by atoms with Crippen molar-refractivity contribution >= 4 is 17.6 Å². The fourth-order valence-corrected chi connectivity index (χ4v) is 2.19. The molecule has 7 heteroatoms. The van der Waals surface area contributed by atoms with Gasteiger partial charge in [-0.25, -0.2) is 9.48 Å². The minimum atomic E-state index is -0.483. The number of rotatable bonds is 6. The van der Waals surface area contributed by atoms with Gasteiger partial charge in [0.25, 0.3) is 0 Å². The van der Waals surface area contributed by atoms with E-state index in [1.807, 2.05) is 18.2 Å². The molecule has 21 heavy (non-hydrogen) atoms. The summed E-state index contributed by atoms with van der Waals surface area (Å²) in [6, 6.07) is 7.45. The monoisotopic (exact) mass is 308 g/mol. The van der Waals surface area contributed by atoms with E-state index in [9.17, 15) is 4.79 Å². The number of hydrogen-bond donors (Lipinski definition) is 1. The number of ether oxygens (including phenoxy) is 1. The van der Waals surface area contributed by atoms with Gasteiger partial charge in [-0.15, -0.1) is 5.10 Å². The normalized spacial score (nSPS) is 10.6. The molecule has 0 radical (unpaired) electrons. The first-order valence-electron chi connectivity index (χ1n) is 6.70. The summed E-state index contributed by atoms with van der Waals surface area (Å²) in [5, 5.41) is 8.53. The molecule has 0 unspecified atom stereocenters. The van der Waals surface area contributed by atoms with Crippen molar-refractivity contribution in [1.82, 2.24) is 15.0 Å². The van der Waals surface area contributed by atoms with Crippen LogP contribution in [0, 0.1) is 0 Å². The summed E-state index contributed by atoms with van der Waals surface area (Å²) in [5.74, 6) is -0.483. The molecule has 1 aromatic heterocycles. The van der Waals surface area contributed by atoms with E-state index >= 15 is 0 Å². The van der Waals surface area contributed by atoms with Crippen molar-refractivity contribution in [2.45, 2.75) is 19.9 Å². The molecule has 0 saturated heterocycles. The molecule has 2 N–H and O–H groups in total. The second kappa shape index (κ2) is 7.19. The number of benzene rings is 1. The van der Waals surface area contributed by atoms with Crippen molar-refractivity contribution < 1.29 is 9.53 Å². The molecule has 1 heterocycles. The zero-order valence-corrected chi connectivity index (χ0v) is 12.5. The smallest absolute Gasteiger partial charge is 0.360 e. The second-order valence-corrected chi connectivity index (χ2v) is 4.79. The van der Waals surface area contributed by atoms with E-state index in [2.05, 4.69) is 10.3 Å². The third kappa shape index (κ3) is 3.59. The van der Waals surface area contributed by atoms with E-state index in [1.54, 1.807) is 17.7 Å². The number of nitrogens with zero attached hydrogens (tertiary/aromatic N) is 3. The molecule has 0 atom stereocenters. The van der Waals surface area contributed by atoms with Crippen molar-refractivity contribution in [3.05, 3.63) is 46.2 Å². The molecule has 2 aromatic rings. The molecule has 0 aliphatic rings. The van der Waals surface area contributed by atoms with Crippen molar-refractivity contribution in [2.75, 3.05) is 13.2 Å². The number of halogens is 1. The van der Waals surface area contributed by atoms with Gasteiger partial charge in [-0.1, -0.05) is 35.0 Å². The van der Waals surface area contributed by atoms with E-state index in [0.29, 0.717) is 30.2 Å². The van der Waals surface area contributed by atoms with Crippen molar-refractivity contribution in [2.24, 2.45) is 5.73 Å². The number of carbonyl (C=O) groups is 1. The molecule has 0 saturated carbocycles. The van der Waals surface area contributed by atoms with E-state index in [0.717, 1.165) is 5.56 Å². The predicted molar refractivity (Wildman–Crippen MR) is 79.3 cm³/mol. The topological polar surface area (TPSA) is 83.0 Å². The van der Waals surface area contributed by atoms with Gasteiger partial charge >= 0.3 is 5.97 Å². The van der Waals surface area contributed by atoms with Gasteiger partial charge in [0, 0.05) is 18.0 Å². The van der Waals surface area contributed by atoms with Crippen LogP contribution in [0.25, 0.3) is 0 Å². The van der Waals surface area contributed by atoms with Crippen molar-refractivity contribution in [3.8, 4) is 0 Å². The van der Waals surface area contributed by atoms with Crippen LogP contribution in [-0.4, -0.2) is 34.1 Å². The SMILES string of the molecule is CCOC(=O)c1nnn(CCN)c1Cc1ccccc1Cl. The van der Waals surface area contributed by atoms with Crippen molar-refractivity contribution in [3.63, 3.8) is 0 Å². The molecule has 0 fully saturated rings. The Kier molecular flexibility index (Phi) is 5.30. The lowest BCUT2D eigenvalue weighted by molar-refractivity contribution is 0.0518. The fraction of sp³-hybridized carbons (Fsp3) is 0.357. The van der Waals surface area contributed by atoms with Crippen LogP contribution in [0.5, 0.6) is 0 Å². The summed E-state index contributed by atoms with van der Waals surface area (Å²) in [4.78, 5) is 12.0. The third-order valence-corrected chi connectivity index (χ3v) is 3.33. The maximum atomic E-state index is 12.0. The van der Waals surface area contributed by atoms with Gasteiger partial charge in [0.05, 0.1) is 18.8 Å². The lowest BCUT2D eigenvalue weighted by atomic mass is 10.1. The molecular weight excluding hydrogens is 292 g/mol. The van der Waals surface area contributed by atoms with E-state index < -0.39 is 5.97 Å². The molecule has 0 spiro atoms. The molecule has 0 amide bonds. The van der Waals surface area contributed by atoms with Crippen LogP contribution >= 0.6 is 11.6 Å². The molecular formula is C14H17ClN4O2. The maximum Gasteiger partial charge on any atom is 0.360 e. The first kappa shape index (κ1) is 15.5. The first-order valence-corrected chi connectivity index (χ1v) is 7.08. The summed E-state index contributed by atoms with van der Waals surface area (Å²) in [6.45, 7) is 2.91. The predicted octanol–water partition coefficient (Wildman–Crippen LogP) is 1.66. The van der Waals surface area contributed by atoms with Crippen LogP contribution in [0.4, 0.5) is 0 Å². The standard InChI is InChI=1S/C14H17ClN4O2/c1-2-21-14(20)13-12(19(8-7-16)18-17-13)9-10-5-3-4-6-11(10)15/h3-6H,2,7-9,16H2,1H3. The summed E-state index contributed by atoms with van der Waals surface area (Å²) in [7, 11) is 0. The van der Waals surface area contributed by atoms with Crippen molar-refractivity contribution in [1.29, 1.82) is 0 Å². The molecule has 0 bridgehead atoms. The van der Waals surface area contributed by atoms with Crippen LogP contribution in [0.1, 0.15) is 28.7 Å². The van der Waals surface area contributed by atoms with E-state index in [4.69, 9.17) is 22.1 Å². The second-order valence-electron chi connectivity index (χ2n) is 4.39. The number of esters is 1. The molecule has 1 aromatic carbocycles. The quantitative estimate of drug-likeness (QED) is 0.821. The zero-order chi connectivity index (χ0) is 15.2. The number of aromatic nitrogens is 3. The molecule has 0 aliphatic carbocycles. The van der Waals surface area contributed by atoms with E-state index in [1.165, 1.54) is 0 Å². The summed E-state index contributed by atoms with van der Waals surface area (Å²) < 4.78 is 6.63. The highest BCUT2D eigenvalue weighted by Crippen LogP contribution is 2.20. The van der Waals surface area contributed by atoms with Gasteiger partial charge in [0.2, 0.25) is 0 Å². The Balaban J connectivity index is 2.37. The molecule has 0 aliphatic heterocycles. The van der Waals surface area contributed by atoms with Crippen LogP contribution < -0.4 is 5.73 Å². The summed E-state index contributed by atoms with van der Waals surface area (Å²) in [5.41, 5.74) is 7.33. The minimum Gasteiger partial charge on any atom is -0.461 e. The van der Waals surface area contributed by atoms with Gasteiger partial charge in [0.15, 0.2) is 5.69 Å². The van der Waals surface area contributed by atoms with Gasteiger partial charge in [0.1, 0.15) is 0 Å². The largest absolute Gasteiger partial charge is 0.461 e. The Morgan fingerprint density at radius 2 is 2.19 bits per heavy atom.